The van der Waals surface area contributed by atoms with E-state index in [1.807, 2.05) is 0 Å². The van der Waals surface area contributed by atoms with Gasteiger partial charge in [0, 0.05) is 31.2 Å². The minimum Gasteiger partial charge on any atom is -0.298 e. The molecule has 2 saturated heterocycles. The van der Waals surface area contributed by atoms with Crippen molar-refractivity contribution in [1.82, 2.24) is 9.80 Å². The third-order valence-corrected chi connectivity index (χ3v) is 5.83. The Morgan fingerprint density at radius 3 is 2.47 bits per heavy atom. The van der Waals surface area contributed by atoms with Crippen molar-refractivity contribution < 1.29 is 0 Å². The first-order valence-corrected chi connectivity index (χ1v) is 7.66. The third kappa shape index (κ3) is 2.04. The Morgan fingerprint density at radius 2 is 1.76 bits per heavy atom. The van der Waals surface area contributed by atoms with Crippen LogP contribution in [0.4, 0.5) is 0 Å². The molecule has 0 aromatic carbocycles. The van der Waals surface area contributed by atoms with Crippen molar-refractivity contribution in [2.45, 2.75) is 64.6 Å². The average molecular weight is 236 g/mol. The van der Waals surface area contributed by atoms with E-state index in [2.05, 4.69) is 30.6 Å². The summed E-state index contributed by atoms with van der Waals surface area (Å²) in [7, 11) is 0. The molecule has 2 nitrogen and oxygen atoms in total. The Balaban J connectivity index is 1.70. The molecular weight excluding hydrogens is 208 g/mol. The first-order valence-electron chi connectivity index (χ1n) is 7.66. The lowest BCUT2D eigenvalue weighted by molar-refractivity contribution is 0.0154. The number of hydrogen-bond acceptors (Lipinski definition) is 2. The monoisotopic (exact) mass is 236 g/mol. The van der Waals surface area contributed by atoms with Gasteiger partial charge < -0.3 is 0 Å². The normalized spacial score (nSPS) is 48.5. The highest BCUT2D eigenvalue weighted by atomic mass is 15.3. The molecule has 5 atom stereocenters. The van der Waals surface area contributed by atoms with Crippen molar-refractivity contribution in [2.75, 3.05) is 19.6 Å². The smallest absolute Gasteiger partial charge is 0.0224 e. The van der Waals surface area contributed by atoms with Gasteiger partial charge in [-0.15, -0.1) is 0 Å². The Morgan fingerprint density at radius 1 is 0.941 bits per heavy atom. The summed E-state index contributed by atoms with van der Waals surface area (Å²) in [6.07, 6.45) is 5.77. The predicted octanol–water partition coefficient (Wildman–Crippen LogP) is 2.59. The Hall–Kier alpha value is -0.0800. The van der Waals surface area contributed by atoms with Gasteiger partial charge in [-0.1, -0.05) is 13.8 Å². The van der Waals surface area contributed by atoms with E-state index in [1.54, 1.807) is 0 Å². The Kier molecular flexibility index (Phi) is 3.20. The first kappa shape index (κ1) is 12.0. The van der Waals surface area contributed by atoms with Crippen LogP contribution in [0.15, 0.2) is 0 Å². The van der Waals surface area contributed by atoms with Gasteiger partial charge in [-0.25, -0.2) is 0 Å². The molecule has 0 spiro atoms. The van der Waals surface area contributed by atoms with Crippen LogP contribution in [0.25, 0.3) is 0 Å². The van der Waals surface area contributed by atoms with Gasteiger partial charge in [0.2, 0.25) is 0 Å². The zero-order valence-electron chi connectivity index (χ0n) is 11.7. The first-order chi connectivity index (χ1) is 8.16. The fourth-order valence-corrected chi connectivity index (χ4v) is 4.48. The molecule has 0 N–H and O–H groups in total. The SMILES string of the molecule is CC1CCC(N2CC3CCCN3CC2C)C1C. The second-order valence-corrected chi connectivity index (χ2v) is 6.82. The summed E-state index contributed by atoms with van der Waals surface area (Å²) in [6, 6.07) is 2.54. The molecule has 0 radical (unpaired) electrons. The molecule has 0 aromatic heterocycles. The molecule has 3 rings (SSSR count). The summed E-state index contributed by atoms with van der Waals surface area (Å²) in [5.41, 5.74) is 0. The summed E-state index contributed by atoms with van der Waals surface area (Å²) >= 11 is 0. The molecule has 0 amide bonds. The van der Waals surface area contributed by atoms with Crippen LogP contribution in [-0.4, -0.2) is 47.6 Å². The molecule has 0 aromatic rings. The van der Waals surface area contributed by atoms with Gasteiger partial charge in [-0.2, -0.15) is 0 Å². The maximum Gasteiger partial charge on any atom is 0.0224 e. The highest BCUT2D eigenvalue weighted by Gasteiger charge is 2.41. The van der Waals surface area contributed by atoms with E-state index in [9.17, 15) is 0 Å². The second-order valence-electron chi connectivity index (χ2n) is 6.82. The molecule has 98 valence electrons. The van der Waals surface area contributed by atoms with Crippen LogP contribution in [-0.2, 0) is 0 Å². The van der Waals surface area contributed by atoms with E-state index in [-0.39, 0.29) is 0 Å². The standard InChI is InChI=1S/C15H28N2/c1-11-6-7-15(13(11)3)17-10-14-5-4-8-16(14)9-12(17)2/h11-15H,4-10H2,1-3H3. The summed E-state index contributed by atoms with van der Waals surface area (Å²) in [5.74, 6) is 1.85. The van der Waals surface area contributed by atoms with Gasteiger partial charge in [0.1, 0.15) is 0 Å². The second kappa shape index (κ2) is 4.55. The van der Waals surface area contributed by atoms with Crippen LogP contribution < -0.4 is 0 Å². The van der Waals surface area contributed by atoms with Gasteiger partial charge in [0.25, 0.3) is 0 Å². The van der Waals surface area contributed by atoms with Gasteiger partial charge >= 0.3 is 0 Å². The number of hydrogen-bond donors (Lipinski definition) is 0. The molecule has 2 heteroatoms. The van der Waals surface area contributed by atoms with Gasteiger partial charge in [-0.3, -0.25) is 9.80 Å². The third-order valence-electron chi connectivity index (χ3n) is 5.83. The van der Waals surface area contributed by atoms with Crippen molar-refractivity contribution in [3.05, 3.63) is 0 Å². The minimum absolute atomic E-state index is 0.780. The van der Waals surface area contributed by atoms with Gasteiger partial charge in [-0.05, 0) is 51.0 Å². The molecule has 1 aliphatic carbocycles. The van der Waals surface area contributed by atoms with Gasteiger partial charge in [0.05, 0.1) is 0 Å². The van der Waals surface area contributed by atoms with Crippen molar-refractivity contribution in [3.63, 3.8) is 0 Å². The lowest BCUT2D eigenvalue weighted by atomic mass is 9.94. The molecule has 3 aliphatic rings. The number of rotatable bonds is 1. The topological polar surface area (TPSA) is 6.48 Å². The van der Waals surface area contributed by atoms with Gasteiger partial charge in [0.15, 0.2) is 0 Å². The summed E-state index contributed by atoms with van der Waals surface area (Å²) in [4.78, 5) is 5.60. The van der Waals surface area contributed by atoms with E-state index in [0.717, 1.165) is 30.0 Å². The Bertz CT molecular complexity index is 278. The van der Waals surface area contributed by atoms with Crippen LogP contribution >= 0.6 is 0 Å². The zero-order chi connectivity index (χ0) is 12.0. The van der Waals surface area contributed by atoms with Crippen LogP contribution in [0.5, 0.6) is 0 Å². The fraction of sp³-hybridized carbons (Fsp3) is 1.00. The molecule has 2 heterocycles. The fourth-order valence-electron chi connectivity index (χ4n) is 4.48. The zero-order valence-corrected chi connectivity index (χ0v) is 11.7. The van der Waals surface area contributed by atoms with E-state index in [1.165, 1.54) is 45.3 Å². The van der Waals surface area contributed by atoms with Crippen LogP contribution in [0, 0.1) is 11.8 Å². The summed E-state index contributed by atoms with van der Waals surface area (Å²) < 4.78 is 0. The largest absolute Gasteiger partial charge is 0.298 e. The lowest BCUT2D eigenvalue weighted by Crippen LogP contribution is -2.58. The summed E-state index contributed by atoms with van der Waals surface area (Å²) in [6.45, 7) is 11.4. The van der Waals surface area contributed by atoms with Crippen LogP contribution in [0.2, 0.25) is 0 Å². The predicted molar refractivity (Wildman–Crippen MR) is 72.1 cm³/mol. The molecule has 5 unspecified atom stereocenters. The summed E-state index contributed by atoms with van der Waals surface area (Å²) in [5, 5.41) is 0. The van der Waals surface area contributed by atoms with Crippen molar-refractivity contribution in [3.8, 4) is 0 Å². The van der Waals surface area contributed by atoms with Crippen molar-refractivity contribution >= 4 is 0 Å². The van der Waals surface area contributed by atoms with Crippen molar-refractivity contribution in [1.29, 1.82) is 0 Å². The average Bonchev–Trinajstić information content (AvgIpc) is 2.86. The van der Waals surface area contributed by atoms with E-state index < -0.39 is 0 Å². The maximum absolute atomic E-state index is 2.86. The quantitative estimate of drug-likeness (QED) is 0.690. The number of piperazine rings is 1. The lowest BCUT2D eigenvalue weighted by Gasteiger charge is -2.46. The van der Waals surface area contributed by atoms with E-state index in [4.69, 9.17) is 0 Å². The molecular formula is C15H28N2. The van der Waals surface area contributed by atoms with E-state index >= 15 is 0 Å². The number of fused-ring (bicyclic) bond motifs is 1. The maximum atomic E-state index is 2.86. The minimum atomic E-state index is 0.780. The molecule has 17 heavy (non-hydrogen) atoms. The molecule has 3 fully saturated rings. The highest BCUT2D eigenvalue weighted by Crippen LogP contribution is 2.37. The van der Waals surface area contributed by atoms with Crippen molar-refractivity contribution in [2.24, 2.45) is 11.8 Å². The molecule has 1 saturated carbocycles. The van der Waals surface area contributed by atoms with E-state index in [0.29, 0.717) is 0 Å². The van der Waals surface area contributed by atoms with Crippen LogP contribution in [0.1, 0.15) is 46.5 Å². The Labute approximate surface area is 106 Å². The molecule has 0 bridgehead atoms. The number of nitrogens with zero attached hydrogens (tertiary/aromatic N) is 2. The van der Waals surface area contributed by atoms with Crippen LogP contribution in [0.3, 0.4) is 0 Å². The highest BCUT2D eigenvalue weighted by molar-refractivity contribution is 4.96. The molecule has 2 aliphatic heterocycles.